The SMILES string of the molecule is CC#CCOc1cnc(C(=O)Nc2ccc(F)c([C@@]3(C)N=C(N)C(C)(CC)S(=O)(=O)C3C)c2)cn1. The molecule has 2 heterocycles. The lowest BCUT2D eigenvalue weighted by Gasteiger charge is -2.44. The Morgan fingerprint density at radius 3 is 2.60 bits per heavy atom. The number of hydrogen-bond donors (Lipinski definition) is 2. The Morgan fingerprint density at radius 2 is 2.00 bits per heavy atom. The molecule has 2 aromatic rings. The van der Waals surface area contributed by atoms with E-state index in [-0.39, 0.29) is 41.7 Å². The van der Waals surface area contributed by atoms with Crippen molar-refractivity contribution >= 4 is 27.3 Å². The van der Waals surface area contributed by atoms with Crippen molar-refractivity contribution in [2.75, 3.05) is 11.9 Å². The van der Waals surface area contributed by atoms with Gasteiger partial charge >= 0.3 is 0 Å². The number of sulfone groups is 1. The van der Waals surface area contributed by atoms with Gasteiger partial charge in [-0.2, -0.15) is 0 Å². The predicted molar refractivity (Wildman–Crippen MR) is 131 cm³/mol. The molecule has 1 aliphatic heterocycles. The van der Waals surface area contributed by atoms with E-state index in [1.54, 1.807) is 13.8 Å². The van der Waals surface area contributed by atoms with Gasteiger partial charge in [-0.05, 0) is 52.3 Å². The first-order chi connectivity index (χ1) is 16.4. The third kappa shape index (κ3) is 4.58. The van der Waals surface area contributed by atoms with E-state index >= 15 is 0 Å². The molecule has 35 heavy (non-hydrogen) atoms. The first-order valence-electron chi connectivity index (χ1n) is 11.0. The molecule has 2 unspecified atom stereocenters. The Labute approximate surface area is 204 Å². The number of carbonyl (C=O) groups excluding carboxylic acids is 1. The highest BCUT2D eigenvalue weighted by atomic mass is 32.2. The van der Waals surface area contributed by atoms with Gasteiger partial charge in [-0.25, -0.2) is 22.8 Å². The van der Waals surface area contributed by atoms with Crippen molar-refractivity contribution < 1.29 is 22.3 Å². The van der Waals surface area contributed by atoms with Gasteiger partial charge in [0.2, 0.25) is 5.88 Å². The molecule has 186 valence electrons. The van der Waals surface area contributed by atoms with E-state index in [1.165, 1.54) is 45.3 Å². The molecular formula is C24H28FN5O4S. The van der Waals surface area contributed by atoms with Gasteiger partial charge in [-0.3, -0.25) is 9.79 Å². The highest BCUT2D eigenvalue weighted by Gasteiger charge is 2.56. The topological polar surface area (TPSA) is 137 Å². The van der Waals surface area contributed by atoms with E-state index in [4.69, 9.17) is 10.5 Å². The number of halogens is 1. The van der Waals surface area contributed by atoms with E-state index in [1.807, 2.05) is 0 Å². The lowest BCUT2D eigenvalue weighted by Crippen LogP contribution is -2.60. The second-order valence-corrected chi connectivity index (χ2v) is 11.2. The van der Waals surface area contributed by atoms with Crippen molar-refractivity contribution in [2.45, 2.75) is 56.6 Å². The van der Waals surface area contributed by atoms with Crippen LogP contribution in [0.3, 0.4) is 0 Å². The first-order valence-corrected chi connectivity index (χ1v) is 12.5. The Balaban J connectivity index is 1.92. The summed E-state index contributed by atoms with van der Waals surface area (Å²) in [6.07, 6.45) is 2.77. The number of amides is 1. The molecule has 9 nitrogen and oxygen atoms in total. The number of carbonyl (C=O) groups is 1. The quantitative estimate of drug-likeness (QED) is 0.581. The van der Waals surface area contributed by atoms with Crippen LogP contribution < -0.4 is 15.8 Å². The molecular weight excluding hydrogens is 473 g/mol. The summed E-state index contributed by atoms with van der Waals surface area (Å²) in [6.45, 7) is 8.09. The summed E-state index contributed by atoms with van der Waals surface area (Å²) >= 11 is 0. The molecule has 3 N–H and O–H groups in total. The van der Waals surface area contributed by atoms with Crippen molar-refractivity contribution in [3.8, 4) is 17.7 Å². The number of nitrogens with two attached hydrogens (primary N) is 1. The van der Waals surface area contributed by atoms with E-state index in [2.05, 4.69) is 32.1 Å². The summed E-state index contributed by atoms with van der Waals surface area (Å²) in [4.78, 5) is 25.2. The minimum Gasteiger partial charge on any atom is -0.463 e. The summed E-state index contributed by atoms with van der Waals surface area (Å²) in [5.74, 6) is 4.29. The van der Waals surface area contributed by atoms with Gasteiger partial charge < -0.3 is 15.8 Å². The monoisotopic (exact) mass is 501 g/mol. The molecule has 1 aromatic heterocycles. The predicted octanol–water partition coefficient (Wildman–Crippen LogP) is 2.83. The highest BCUT2D eigenvalue weighted by Crippen LogP contribution is 2.44. The minimum atomic E-state index is -3.81. The van der Waals surface area contributed by atoms with Crippen molar-refractivity contribution in [2.24, 2.45) is 10.7 Å². The number of nitrogens with one attached hydrogen (secondary N) is 1. The van der Waals surface area contributed by atoms with Crippen LogP contribution >= 0.6 is 0 Å². The number of amidine groups is 1. The van der Waals surface area contributed by atoms with Gasteiger partial charge in [0, 0.05) is 11.3 Å². The fourth-order valence-electron chi connectivity index (χ4n) is 3.84. The average molecular weight is 502 g/mol. The number of nitrogens with zero attached hydrogens (tertiary/aromatic N) is 3. The molecule has 0 bridgehead atoms. The molecule has 3 rings (SSSR count). The van der Waals surface area contributed by atoms with Crippen LogP contribution in [0.5, 0.6) is 5.88 Å². The van der Waals surface area contributed by atoms with Crippen LogP contribution in [0.25, 0.3) is 0 Å². The summed E-state index contributed by atoms with van der Waals surface area (Å²) in [6, 6.07) is 3.87. The molecule has 3 atom stereocenters. The zero-order valence-corrected chi connectivity index (χ0v) is 21.0. The summed E-state index contributed by atoms with van der Waals surface area (Å²) < 4.78 is 45.6. The van der Waals surface area contributed by atoms with Crippen molar-refractivity contribution in [3.05, 3.63) is 47.7 Å². The van der Waals surface area contributed by atoms with Crippen molar-refractivity contribution in [1.82, 2.24) is 9.97 Å². The third-order valence-electron chi connectivity index (χ3n) is 6.55. The van der Waals surface area contributed by atoms with Gasteiger partial charge in [0.25, 0.3) is 5.91 Å². The Morgan fingerprint density at radius 1 is 1.29 bits per heavy atom. The van der Waals surface area contributed by atoms with Gasteiger partial charge in [0.1, 0.15) is 27.6 Å². The molecule has 0 saturated carbocycles. The standard InChI is InChI=1S/C24H28FN5O4S/c1-6-8-11-34-20-14-27-19(13-28-20)21(31)29-16-9-10-18(25)17(12-16)24(5)15(3)35(32,33)23(4,7-2)22(26)30-24/h9-10,12-15H,7,11H2,1-5H3,(H2,26,30)(H,29,31)/t15?,23?,24-/m0/s1. The van der Waals surface area contributed by atoms with Crippen LogP contribution in [0.2, 0.25) is 0 Å². The summed E-state index contributed by atoms with van der Waals surface area (Å²) in [5, 5.41) is 1.56. The third-order valence-corrected chi connectivity index (χ3v) is 9.70. The van der Waals surface area contributed by atoms with E-state index in [9.17, 15) is 17.6 Å². The molecule has 11 heteroatoms. The Bertz CT molecular complexity index is 1330. The van der Waals surface area contributed by atoms with Crippen LogP contribution in [0.15, 0.2) is 35.6 Å². The van der Waals surface area contributed by atoms with Crippen LogP contribution in [0.1, 0.15) is 57.1 Å². The number of rotatable bonds is 6. The zero-order chi connectivity index (χ0) is 26.0. The number of aliphatic imine (C=N–C) groups is 1. The fourth-order valence-corrected chi connectivity index (χ4v) is 6.14. The van der Waals surface area contributed by atoms with Gasteiger partial charge in [-0.15, -0.1) is 5.92 Å². The largest absolute Gasteiger partial charge is 0.463 e. The fraction of sp³-hybridized carbons (Fsp3) is 0.417. The molecule has 1 aromatic carbocycles. The maximum atomic E-state index is 15.0. The molecule has 1 amide bonds. The number of aromatic nitrogens is 2. The molecule has 0 spiro atoms. The van der Waals surface area contributed by atoms with Crippen molar-refractivity contribution in [1.29, 1.82) is 0 Å². The molecule has 0 fully saturated rings. The maximum absolute atomic E-state index is 15.0. The summed E-state index contributed by atoms with van der Waals surface area (Å²) in [5.41, 5.74) is 4.85. The zero-order valence-electron chi connectivity index (χ0n) is 20.2. The highest BCUT2D eigenvalue weighted by molar-refractivity contribution is 7.94. The van der Waals surface area contributed by atoms with Crippen LogP contribution in [-0.2, 0) is 15.4 Å². The normalized spacial score (nSPS) is 25.1. The van der Waals surface area contributed by atoms with Gasteiger partial charge in [0.05, 0.1) is 17.6 Å². The van der Waals surface area contributed by atoms with Crippen LogP contribution in [-0.4, -0.2) is 46.7 Å². The van der Waals surface area contributed by atoms with Crippen LogP contribution in [0.4, 0.5) is 10.1 Å². The van der Waals surface area contributed by atoms with E-state index in [0.717, 1.165) is 6.07 Å². The molecule has 0 radical (unpaired) electrons. The maximum Gasteiger partial charge on any atom is 0.275 e. The molecule has 0 aliphatic carbocycles. The number of benzene rings is 1. The molecule has 1 aliphatic rings. The average Bonchev–Trinajstić information content (AvgIpc) is 2.83. The van der Waals surface area contributed by atoms with Crippen molar-refractivity contribution in [3.63, 3.8) is 0 Å². The minimum absolute atomic E-state index is 0.000608. The second kappa shape index (κ2) is 9.62. The number of hydrogen-bond acceptors (Lipinski definition) is 8. The Kier molecular flexibility index (Phi) is 7.17. The number of ether oxygens (including phenoxy) is 1. The number of anilines is 1. The molecule has 0 saturated heterocycles. The Hall–Kier alpha value is -3.52. The summed E-state index contributed by atoms with van der Waals surface area (Å²) in [7, 11) is -3.81. The smallest absolute Gasteiger partial charge is 0.275 e. The lowest BCUT2D eigenvalue weighted by atomic mass is 9.87. The second-order valence-electron chi connectivity index (χ2n) is 8.52. The van der Waals surface area contributed by atoms with E-state index in [0.29, 0.717) is 0 Å². The van der Waals surface area contributed by atoms with Gasteiger partial charge in [0.15, 0.2) is 16.4 Å². The van der Waals surface area contributed by atoms with E-state index < -0.39 is 37.1 Å². The van der Waals surface area contributed by atoms with Gasteiger partial charge in [-0.1, -0.05) is 12.8 Å². The van der Waals surface area contributed by atoms with Crippen LogP contribution in [0, 0.1) is 17.7 Å². The first kappa shape index (κ1) is 26.1. The lowest BCUT2D eigenvalue weighted by molar-refractivity contribution is 0.102.